The summed E-state index contributed by atoms with van der Waals surface area (Å²) < 4.78 is 6.62. The van der Waals surface area contributed by atoms with Crippen LogP contribution in [0.3, 0.4) is 0 Å². The summed E-state index contributed by atoms with van der Waals surface area (Å²) in [5.41, 5.74) is 1.32. The molecule has 2 aromatic heterocycles. The van der Waals surface area contributed by atoms with E-state index >= 15 is 0 Å². The fourth-order valence-corrected chi connectivity index (χ4v) is 2.92. The minimum absolute atomic E-state index is 0.230. The number of halogens is 2. The molecule has 6 heteroatoms. The number of hydrogen-bond donors (Lipinski definition) is 0. The molecule has 3 rings (SSSR count). The van der Waals surface area contributed by atoms with Gasteiger partial charge in [-0.3, -0.25) is 9.69 Å². The average Bonchev–Trinajstić information content (AvgIpc) is 2.88. The second-order valence-electron chi connectivity index (χ2n) is 5.06. The molecular formula is C17H14BrClN2O2. The highest BCUT2D eigenvalue weighted by Gasteiger charge is 2.24. The molecule has 0 saturated heterocycles. The number of nitrogens with zero attached hydrogens (tertiary/aromatic N) is 2. The molecule has 0 atom stereocenters. The Hall–Kier alpha value is -1.85. The van der Waals surface area contributed by atoms with Gasteiger partial charge in [-0.2, -0.15) is 0 Å². The van der Waals surface area contributed by atoms with Gasteiger partial charge in [0.1, 0.15) is 5.82 Å². The second-order valence-corrected chi connectivity index (χ2v) is 6.38. The largest absolute Gasteiger partial charge is 0.449 e. The van der Waals surface area contributed by atoms with E-state index in [0.29, 0.717) is 28.7 Å². The van der Waals surface area contributed by atoms with Crippen molar-refractivity contribution >= 4 is 50.2 Å². The lowest BCUT2D eigenvalue weighted by Crippen LogP contribution is -2.31. The third kappa shape index (κ3) is 2.86. The van der Waals surface area contributed by atoms with Gasteiger partial charge in [0.05, 0.1) is 5.02 Å². The second kappa shape index (κ2) is 6.34. The SMILES string of the molecule is CCN(C(=O)c1oc2c(Cl)cccc2c1C)c1ccc(Br)cn1. The predicted octanol–water partition coefficient (Wildman–Crippen LogP) is 5.22. The molecule has 0 N–H and O–H groups in total. The van der Waals surface area contributed by atoms with Gasteiger partial charge in [0.15, 0.2) is 11.3 Å². The number of para-hydroxylation sites is 1. The summed E-state index contributed by atoms with van der Waals surface area (Å²) >= 11 is 9.50. The Morgan fingerprint density at radius 2 is 2.13 bits per heavy atom. The number of carbonyl (C=O) groups excluding carboxylic acids is 1. The molecule has 118 valence electrons. The minimum atomic E-state index is -0.230. The topological polar surface area (TPSA) is 46.3 Å². The van der Waals surface area contributed by atoms with Crippen molar-refractivity contribution < 1.29 is 9.21 Å². The van der Waals surface area contributed by atoms with Crippen LogP contribution in [0.1, 0.15) is 23.0 Å². The lowest BCUT2D eigenvalue weighted by atomic mass is 10.1. The van der Waals surface area contributed by atoms with Crippen LogP contribution >= 0.6 is 27.5 Å². The number of carbonyl (C=O) groups is 1. The number of rotatable bonds is 3. The molecule has 0 bridgehead atoms. The Morgan fingerprint density at radius 1 is 1.35 bits per heavy atom. The first-order valence-corrected chi connectivity index (χ1v) is 8.31. The highest BCUT2D eigenvalue weighted by molar-refractivity contribution is 9.10. The minimum Gasteiger partial charge on any atom is -0.449 e. The summed E-state index contributed by atoms with van der Waals surface area (Å²) in [6, 6.07) is 9.12. The van der Waals surface area contributed by atoms with Gasteiger partial charge in [-0.15, -0.1) is 0 Å². The van der Waals surface area contributed by atoms with Crippen LogP contribution in [0.4, 0.5) is 5.82 Å². The molecule has 0 spiro atoms. The van der Waals surface area contributed by atoms with Gasteiger partial charge >= 0.3 is 0 Å². The zero-order chi connectivity index (χ0) is 16.6. The van der Waals surface area contributed by atoms with Gasteiger partial charge < -0.3 is 4.42 Å². The molecule has 1 amide bonds. The number of aromatic nitrogens is 1. The van der Waals surface area contributed by atoms with E-state index in [1.165, 1.54) is 0 Å². The first-order chi connectivity index (χ1) is 11.0. The Bertz CT molecular complexity index is 874. The molecule has 1 aromatic carbocycles. The van der Waals surface area contributed by atoms with Gasteiger partial charge in [-0.05, 0) is 48.0 Å². The van der Waals surface area contributed by atoms with E-state index in [0.717, 1.165) is 15.4 Å². The number of pyridine rings is 1. The van der Waals surface area contributed by atoms with Gasteiger partial charge in [-0.25, -0.2) is 4.98 Å². The van der Waals surface area contributed by atoms with E-state index in [1.807, 2.05) is 32.0 Å². The lowest BCUT2D eigenvalue weighted by Gasteiger charge is -2.18. The van der Waals surface area contributed by atoms with E-state index in [1.54, 1.807) is 23.2 Å². The first-order valence-electron chi connectivity index (χ1n) is 7.14. The van der Waals surface area contributed by atoms with E-state index < -0.39 is 0 Å². The van der Waals surface area contributed by atoms with Crippen LogP contribution in [-0.4, -0.2) is 17.4 Å². The maximum absolute atomic E-state index is 12.9. The van der Waals surface area contributed by atoms with Crippen LogP contribution in [0.2, 0.25) is 5.02 Å². The van der Waals surface area contributed by atoms with Crippen molar-refractivity contribution in [2.75, 3.05) is 11.4 Å². The van der Waals surface area contributed by atoms with E-state index in [9.17, 15) is 4.79 Å². The van der Waals surface area contributed by atoms with Crippen LogP contribution in [0, 0.1) is 6.92 Å². The highest BCUT2D eigenvalue weighted by Crippen LogP contribution is 2.31. The van der Waals surface area contributed by atoms with Crippen LogP contribution in [-0.2, 0) is 0 Å². The number of benzene rings is 1. The summed E-state index contributed by atoms with van der Waals surface area (Å²) in [4.78, 5) is 18.8. The van der Waals surface area contributed by atoms with Crippen molar-refractivity contribution in [2.24, 2.45) is 0 Å². The van der Waals surface area contributed by atoms with Crippen molar-refractivity contribution in [1.82, 2.24) is 4.98 Å². The standard InChI is InChI=1S/C17H14BrClN2O2/c1-3-21(14-8-7-11(18)9-20-14)17(22)15-10(2)12-5-4-6-13(19)16(12)23-15/h4-9H,3H2,1-2H3. The molecule has 23 heavy (non-hydrogen) atoms. The molecule has 0 fully saturated rings. The fourth-order valence-electron chi connectivity index (χ4n) is 2.47. The fraction of sp³-hybridized carbons (Fsp3) is 0.176. The Morgan fingerprint density at radius 3 is 2.74 bits per heavy atom. The van der Waals surface area contributed by atoms with Crippen LogP contribution < -0.4 is 4.90 Å². The van der Waals surface area contributed by atoms with Crippen LogP contribution in [0.25, 0.3) is 11.0 Å². The molecule has 2 heterocycles. The molecule has 0 saturated carbocycles. The third-order valence-electron chi connectivity index (χ3n) is 3.66. The number of furan rings is 1. The third-order valence-corrected chi connectivity index (χ3v) is 4.43. The molecule has 0 aliphatic heterocycles. The van der Waals surface area contributed by atoms with Crippen molar-refractivity contribution in [3.8, 4) is 0 Å². The lowest BCUT2D eigenvalue weighted by molar-refractivity contribution is 0.0962. The molecule has 3 aromatic rings. The zero-order valence-corrected chi connectivity index (χ0v) is 15.0. The van der Waals surface area contributed by atoms with Crippen molar-refractivity contribution in [2.45, 2.75) is 13.8 Å². The van der Waals surface area contributed by atoms with Gasteiger partial charge in [0.2, 0.25) is 0 Å². The summed E-state index contributed by atoms with van der Waals surface area (Å²) in [5, 5.41) is 1.34. The Labute approximate surface area is 147 Å². The van der Waals surface area contributed by atoms with Gasteiger partial charge in [0, 0.05) is 28.2 Å². The van der Waals surface area contributed by atoms with Crippen LogP contribution in [0.15, 0.2) is 45.4 Å². The molecule has 0 aliphatic rings. The quantitative estimate of drug-likeness (QED) is 0.613. The number of hydrogen-bond acceptors (Lipinski definition) is 3. The maximum atomic E-state index is 12.9. The Kier molecular flexibility index (Phi) is 4.41. The van der Waals surface area contributed by atoms with Gasteiger partial charge in [0.25, 0.3) is 5.91 Å². The maximum Gasteiger partial charge on any atom is 0.295 e. The summed E-state index contributed by atoms with van der Waals surface area (Å²) in [6.45, 7) is 4.24. The number of amides is 1. The normalized spacial score (nSPS) is 11.0. The Balaban J connectivity index is 2.06. The molecule has 0 unspecified atom stereocenters. The monoisotopic (exact) mass is 392 g/mol. The van der Waals surface area contributed by atoms with Crippen molar-refractivity contribution in [3.05, 3.63) is 57.3 Å². The summed E-state index contributed by atoms with van der Waals surface area (Å²) in [6.07, 6.45) is 1.66. The molecule has 4 nitrogen and oxygen atoms in total. The molecule has 0 aliphatic carbocycles. The highest BCUT2D eigenvalue weighted by atomic mass is 79.9. The molecule has 0 radical (unpaired) electrons. The first kappa shape index (κ1) is 16.0. The number of aryl methyl sites for hydroxylation is 1. The smallest absolute Gasteiger partial charge is 0.295 e. The van der Waals surface area contributed by atoms with E-state index in [4.69, 9.17) is 16.0 Å². The number of anilines is 1. The zero-order valence-electron chi connectivity index (χ0n) is 12.6. The predicted molar refractivity (Wildman–Crippen MR) is 95.2 cm³/mol. The number of fused-ring (bicyclic) bond motifs is 1. The van der Waals surface area contributed by atoms with Crippen molar-refractivity contribution in [1.29, 1.82) is 0 Å². The van der Waals surface area contributed by atoms with E-state index in [2.05, 4.69) is 20.9 Å². The van der Waals surface area contributed by atoms with E-state index in [-0.39, 0.29) is 5.91 Å². The molecular weight excluding hydrogens is 380 g/mol. The average molecular weight is 394 g/mol. The van der Waals surface area contributed by atoms with Crippen molar-refractivity contribution in [3.63, 3.8) is 0 Å². The summed E-state index contributed by atoms with van der Waals surface area (Å²) in [5.74, 6) is 0.637. The van der Waals surface area contributed by atoms with Gasteiger partial charge in [-0.1, -0.05) is 23.7 Å². The van der Waals surface area contributed by atoms with Crippen LogP contribution in [0.5, 0.6) is 0 Å². The summed E-state index contributed by atoms with van der Waals surface area (Å²) in [7, 11) is 0.